The van der Waals surface area contributed by atoms with Crippen molar-refractivity contribution in [3.63, 3.8) is 0 Å². The molecule has 0 bridgehead atoms. The molecule has 0 spiro atoms. The number of aryl methyl sites for hydroxylation is 2. The van der Waals surface area contributed by atoms with E-state index in [-0.39, 0.29) is 11.7 Å². The molecule has 1 N–H and O–H groups in total. The predicted molar refractivity (Wildman–Crippen MR) is 123 cm³/mol. The molecule has 3 aromatic rings. The fraction of sp³-hybridized carbons (Fsp3) is 0.522. The van der Waals surface area contributed by atoms with Crippen molar-refractivity contribution < 1.29 is 0 Å². The second kappa shape index (κ2) is 8.72. The lowest BCUT2D eigenvalue weighted by atomic mass is 9.96. The van der Waals surface area contributed by atoms with Gasteiger partial charge in [-0.1, -0.05) is 6.07 Å². The van der Waals surface area contributed by atoms with E-state index < -0.39 is 0 Å². The maximum Gasteiger partial charge on any atom is 0.346 e. The van der Waals surface area contributed by atoms with Crippen molar-refractivity contribution >= 4 is 11.8 Å². The van der Waals surface area contributed by atoms with Crippen LogP contribution >= 0.6 is 0 Å². The highest BCUT2D eigenvalue weighted by atomic mass is 16.2. The molecule has 32 heavy (non-hydrogen) atoms. The molecule has 0 saturated carbocycles. The van der Waals surface area contributed by atoms with E-state index in [4.69, 9.17) is 9.97 Å². The van der Waals surface area contributed by atoms with E-state index in [1.165, 1.54) is 24.1 Å². The summed E-state index contributed by atoms with van der Waals surface area (Å²) in [6.07, 6.45) is 10.5. The van der Waals surface area contributed by atoms with Gasteiger partial charge in [0.2, 0.25) is 5.95 Å². The fourth-order valence-electron chi connectivity index (χ4n) is 4.63. The van der Waals surface area contributed by atoms with Crippen molar-refractivity contribution in [1.82, 2.24) is 29.3 Å². The van der Waals surface area contributed by atoms with Crippen LogP contribution in [0.15, 0.2) is 29.3 Å². The van der Waals surface area contributed by atoms with Crippen molar-refractivity contribution in [3.8, 4) is 0 Å². The van der Waals surface area contributed by atoms with Crippen LogP contribution in [0.25, 0.3) is 0 Å². The molecule has 1 aliphatic heterocycles. The quantitative estimate of drug-likeness (QED) is 0.657. The van der Waals surface area contributed by atoms with Gasteiger partial charge in [0, 0.05) is 51.1 Å². The van der Waals surface area contributed by atoms with Crippen LogP contribution < -0.4 is 15.9 Å². The standard InChI is InChI=1S/C23H30N8O/c1-29(2)22-26-19-8-4-3-7-18(19)21(27-22)25-17-9-10-20-28-31(23(32)30(20)13-11-17)15-16-6-5-12-24-14-16/h5-6,12,14,17H,3-4,7-11,13,15H2,1-2H3,(H,25,26,27). The van der Waals surface area contributed by atoms with Crippen LogP contribution in [0, 0.1) is 0 Å². The Balaban J connectivity index is 1.33. The maximum atomic E-state index is 12.9. The Kier molecular flexibility index (Phi) is 5.63. The number of nitrogens with zero attached hydrogens (tertiary/aromatic N) is 7. The highest BCUT2D eigenvalue weighted by molar-refractivity contribution is 5.52. The third-order valence-corrected chi connectivity index (χ3v) is 6.38. The molecule has 168 valence electrons. The SMILES string of the molecule is CN(C)c1nc2c(c(NC3CCc4nn(Cc5cccnc5)c(=O)n4CC3)n1)CCCC2. The van der Waals surface area contributed by atoms with E-state index in [9.17, 15) is 4.79 Å². The number of hydrogen-bond acceptors (Lipinski definition) is 7. The lowest BCUT2D eigenvalue weighted by Crippen LogP contribution is -2.28. The Labute approximate surface area is 187 Å². The molecule has 3 aromatic heterocycles. The number of nitrogens with one attached hydrogen (secondary N) is 1. The second-order valence-corrected chi connectivity index (χ2v) is 8.94. The van der Waals surface area contributed by atoms with E-state index in [0.29, 0.717) is 13.1 Å². The molecular weight excluding hydrogens is 404 g/mol. The Morgan fingerprint density at radius 3 is 2.84 bits per heavy atom. The van der Waals surface area contributed by atoms with Crippen LogP contribution in [0.2, 0.25) is 0 Å². The Bertz CT molecular complexity index is 1150. The molecule has 0 saturated heterocycles. The Hall–Kier alpha value is -3.23. The molecule has 1 aliphatic carbocycles. The summed E-state index contributed by atoms with van der Waals surface area (Å²) in [4.78, 5) is 28.7. The smallest absolute Gasteiger partial charge is 0.346 e. The lowest BCUT2D eigenvalue weighted by Gasteiger charge is -2.24. The first-order chi connectivity index (χ1) is 15.6. The molecule has 9 heteroatoms. The molecule has 1 atom stereocenters. The topological polar surface area (TPSA) is 93.8 Å². The van der Waals surface area contributed by atoms with Gasteiger partial charge in [0.05, 0.1) is 12.2 Å². The monoisotopic (exact) mass is 434 g/mol. The average Bonchev–Trinajstić information content (AvgIpc) is 2.96. The van der Waals surface area contributed by atoms with E-state index in [2.05, 4.69) is 15.4 Å². The van der Waals surface area contributed by atoms with E-state index >= 15 is 0 Å². The van der Waals surface area contributed by atoms with Crippen molar-refractivity contribution in [2.24, 2.45) is 0 Å². The molecular formula is C23H30N8O. The Morgan fingerprint density at radius 1 is 1.16 bits per heavy atom. The molecule has 0 aromatic carbocycles. The van der Waals surface area contributed by atoms with Gasteiger partial charge in [0.25, 0.3) is 0 Å². The van der Waals surface area contributed by atoms with Crippen LogP contribution in [-0.2, 0) is 32.4 Å². The third-order valence-electron chi connectivity index (χ3n) is 6.38. The van der Waals surface area contributed by atoms with Gasteiger partial charge in [0.1, 0.15) is 11.6 Å². The number of aromatic nitrogens is 6. The number of hydrogen-bond donors (Lipinski definition) is 1. The number of pyridine rings is 1. The number of fused-ring (bicyclic) bond motifs is 2. The van der Waals surface area contributed by atoms with Crippen LogP contribution in [-0.4, -0.2) is 49.4 Å². The van der Waals surface area contributed by atoms with Crippen molar-refractivity contribution in [2.75, 3.05) is 24.3 Å². The Morgan fingerprint density at radius 2 is 2.03 bits per heavy atom. The third kappa shape index (κ3) is 4.11. The molecule has 0 fully saturated rings. The molecule has 5 rings (SSSR count). The molecule has 4 heterocycles. The maximum absolute atomic E-state index is 12.9. The summed E-state index contributed by atoms with van der Waals surface area (Å²) in [6.45, 7) is 1.11. The first-order valence-corrected chi connectivity index (χ1v) is 11.5. The summed E-state index contributed by atoms with van der Waals surface area (Å²) in [5.74, 6) is 2.59. The normalized spacial score (nSPS) is 17.9. The molecule has 1 unspecified atom stereocenters. The molecule has 0 radical (unpaired) electrons. The van der Waals surface area contributed by atoms with Gasteiger partial charge >= 0.3 is 5.69 Å². The zero-order valence-electron chi connectivity index (χ0n) is 18.8. The van der Waals surface area contributed by atoms with Crippen molar-refractivity contribution in [3.05, 3.63) is 57.7 Å². The summed E-state index contributed by atoms with van der Waals surface area (Å²) >= 11 is 0. The zero-order chi connectivity index (χ0) is 22.1. The van der Waals surface area contributed by atoms with Crippen molar-refractivity contribution in [2.45, 2.75) is 64.1 Å². The summed E-state index contributed by atoms with van der Waals surface area (Å²) in [5.41, 5.74) is 3.38. The van der Waals surface area contributed by atoms with Gasteiger partial charge in [-0.3, -0.25) is 9.55 Å². The van der Waals surface area contributed by atoms with Crippen LogP contribution in [0.4, 0.5) is 11.8 Å². The summed E-state index contributed by atoms with van der Waals surface area (Å²) in [7, 11) is 3.96. The summed E-state index contributed by atoms with van der Waals surface area (Å²) < 4.78 is 3.39. The van der Waals surface area contributed by atoms with Crippen molar-refractivity contribution in [1.29, 1.82) is 0 Å². The highest BCUT2D eigenvalue weighted by Crippen LogP contribution is 2.29. The minimum atomic E-state index is -0.0428. The molecule has 9 nitrogen and oxygen atoms in total. The zero-order valence-corrected chi connectivity index (χ0v) is 18.8. The molecule has 2 aliphatic rings. The fourth-order valence-corrected chi connectivity index (χ4v) is 4.63. The summed E-state index contributed by atoms with van der Waals surface area (Å²) in [6, 6.07) is 4.10. The second-order valence-electron chi connectivity index (χ2n) is 8.94. The minimum Gasteiger partial charge on any atom is -0.367 e. The average molecular weight is 435 g/mol. The first-order valence-electron chi connectivity index (χ1n) is 11.5. The lowest BCUT2D eigenvalue weighted by molar-refractivity contribution is 0.550. The first kappa shape index (κ1) is 20.7. The van der Waals surface area contributed by atoms with Gasteiger partial charge < -0.3 is 10.2 Å². The molecule has 0 amide bonds. The van der Waals surface area contributed by atoms with Gasteiger partial charge in [-0.15, -0.1) is 0 Å². The largest absolute Gasteiger partial charge is 0.367 e. The predicted octanol–water partition coefficient (Wildman–Crippen LogP) is 2.04. The van der Waals surface area contributed by atoms with Crippen LogP contribution in [0.3, 0.4) is 0 Å². The van der Waals surface area contributed by atoms with Crippen LogP contribution in [0.5, 0.6) is 0 Å². The van der Waals surface area contributed by atoms with Gasteiger partial charge in [0.15, 0.2) is 0 Å². The summed E-state index contributed by atoms with van der Waals surface area (Å²) in [5, 5.41) is 8.34. The van der Waals surface area contributed by atoms with Gasteiger partial charge in [-0.25, -0.2) is 14.5 Å². The highest BCUT2D eigenvalue weighted by Gasteiger charge is 2.24. The van der Waals surface area contributed by atoms with Gasteiger partial charge in [-0.05, 0) is 50.2 Å². The van der Waals surface area contributed by atoms with Gasteiger partial charge in [-0.2, -0.15) is 10.1 Å². The number of rotatable bonds is 5. The van der Waals surface area contributed by atoms with Crippen LogP contribution in [0.1, 0.15) is 48.3 Å². The number of anilines is 2. The van der Waals surface area contributed by atoms with E-state index in [1.807, 2.05) is 35.7 Å². The minimum absolute atomic E-state index is 0.0428. The van der Waals surface area contributed by atoms with E-state index in [1.54, 1.807) is 17.1 Å². The van der Waals surface area contributed by atoms with E-state index in [0.717, 1.165) is 55.3 Å².